The van der Waals surface area contributed by atoms with E-state index in [-0.39, 0.29) is 23.7 Å². The van der Waals surface area contributed by atoms with Crippen molar-refractivity contribution in [1.82, 2.24) is 19.2 Å². The van der Waals surface area contributed by atoms with Gasteiger partial charge in [-0.3, -0.25) is 14.1 Å². The molecular formula is C22H23FN4O2. The number of amides is 1. The molecule has 1 aromatic carbocycles. The molecule has 5 rings (SSSR count). The van der Waals surface area contributed by atoms with Gasteiger partial charge < -0.3 is 9.64 Å². The van der Waals surface area contributed by atoms with Gasteiger partial charge in [-0.05, 0) is 24.1 Å². The van der Waals surface area contributed by atoms with E-state index in [9.17, 15) is 9.18 Å². The molecule has 3 aromatic rings. The van der Waals surface area contributed by atoms with Crippen LogP contribution in [0.15, 0.2) is 48.7 Å². The number of benzene rings is 1. The van der Waals surface area contributed by atoms with Crippen LogP contribution in [-0.2, 0) is 4.74 Å². The van der Waals surface area contributed by atoms with Crippen molar-refractivity contribution in [2.24, 2.45) is 0 Å². The monoisotopic (exact) mass is 394 g/mol. The molecule has 0 aliphatic carbocycles. The molecule has 2 atom stereocenters. The van der Waals surface area contributed by atoms with Crippen molar-refractivity contribution >= 4 is 11.6 Å². The van der Waals surface area contributed by atoms with Crippen molar-refractivity contribution in [3.63, 3.8) is 0 Å². The molecule has 150 valence electrons. The molecule has 2 saturated heterocycles. The fourth-order valence-corrected chi connectivity index (χ4v) is 4.39. The average molecular weight is 394 g/mol. The molecule has 29 heavy (non-hydrogen) atoms. The third-order valence-corrected chi connectivity index (χ3v) is 5.90. The molecule has 0 spiro atoms. The van der Waals surface area contributed by atoms with Gasteiger partial charge in [0.1, 0.15) is 5.65 Å². The maximum absolute atomic E-state index is 14.8. The molecule has 7 heteroatoms. The van der Waals surface area contributed by atoms with Crippen LogP contribution in [0, 0.1) is 12.9 Å². The quantitative estimate of drug-likeness (QED) is 0.671. The number of hydrogen-bond acceptors (Lipinski definition) is 4. The van der Waals surface area contributed by atoms with E-state index in [1.807, 2.05) is 31.2 Å². The van der Waals surface area contributed by atoms with Crippen LogP contribution >= 0.6 is 0 Å². The molecule has 0 radical (unpaired) electrons. The predicted octanol–water partition coefficient (Wildman–Crippen LogP) is 2.68. The highest BCUT2D eigenvalue weighted by atomic mass is 19.1. The number of hydrogen-bond donors (Lipinski definition) is 0. The SMILES string of the molecule is Cc1ccc2nc(C(=O)N3CCN4[C@@H](COC[C@@H]4c4ccccc4)C3)c(F)n2c1. The summed E-state index contributed by atoms with van der Waals surface area (Å²) >= 11 is 0. The van der Waals surface area contributed by atoms with Crippen LogP contribution < -0.4 is 0 Å². The summed E-state index contributed by atoms with van der Waals surface area (Å²) in [6.07, 6.45) is 1.66. The van der Waals surface area contributed by atoms with Crippen LogP contribution in [0.25, 0.3) is 5.65 Å². The molecule has 4 heterocycles. The minimum Gasteiger partial charge on any atom is -0.378 e. The summed E-state index contributed by atoms with van der Waals surface area (Å²) < 4.78 is 22.0. The number of morpholine rings is 1. The van der Waals surface area contributed by atoms with Gasteiger partial charge in [-0.1, -0.05) is 36.4 Å². The Labute approximate surface area is 168 Å². The van der Waals surface area contributed by atoms with Gasteiger partial charge in [-0.25, -0.2) is 4.98 Å². The Kier molecular flexibility index (Phi) is 4.56. The molecule has 2 aromatic heterocycles. The third-order valence-electron chi connectivity index (χ3n) is 5.90. The molecule has 2 fully saturated rings. The molecule has 1 amide bonds. The lowest BCUT2D eigenvalue weighted by molar-refractivity contribution is -0.0771. The van der Waals surface area contributed by atoms with E-state index in [2.05, 4.69) is 22.0 Å². The number of aryl methyl sites for hydroxylation is 1. The number of carbonyl (C=O) groups excluding carboxylic acids is 1. The zero-order valence-corrected chi connectivity index (χ0v) is 16.3. The molecule has 0 bridgehead atoms. The van der Waals surface area contributed by atoms with Crippen LogP contribution in [0.1, 0.15) is 27.7 Å². The third kappa shape index (κ3) is 3.20. The Hall–Kier alpha value is -2.77. The second kappa shape index (κ2) is 7.24. The lowest BCUT2D eigenvalue weighted by Crippen LogP contribution is -2.60. The lowest BCUT2D eigenvalue weighted by Gasteiger charge is -2.48. The van der Waals surface area contributed by atoms with Crippen molar-refractivity contribution in [1.29, 1.82) is 0 Å². The standard InChI is InChI=1S/C22H23FN4O2/c1-15-7-8-19-24-20(21(23)27(19)11-15)22(28)25-9-10-26-17(12-25)13-29-14-18(26)16-5-3-2-4-6-16/h2-8,11,17-18H,9-10,12-14H2,1H3/t17-,18-/m1/s1. The molecule has 0 N–H and O–H groups in total. The summed E-state index contributed by atoms with van der Waals surface area (Å²) in [6.45, 7) is 4.88. The minimum atomic E-state index is -0.599. The number of ether oxygens (including phenoxy) is 1. The average Bonchev–Trinajstić information content (AvgIpc) is 3.09. The lowest BCUT2D eigenvalue weighted by atomic mass is 10.00. The maximum Gasteiger partial charge on any atom is 0.277 e. The number of imidazole rings is 1. The Bertz CT molecular complexity index is 1050. The van der Waals surface area contributed by atoms with Gasteiger partial charge >= 0.3 is 0 Å². The summed E-state index contributed by atoms with van der Waals surface area (Å²) in [4.78, 5) is 21.4. The van der Waals surface area contributed by atoms with E-state index < -0.39 is 5.95 Å². The van der Waals surface area contributed by atoms with Gasteiger partial charge in [-0.2, -0.15) is 4.39 Å². The highest BCUT2D eigenvalue weighted by Gasteiger charge is 2.38. The summed E-state index contributed by atoms with van der Waals surface area (Å²) in [5.74, 6) is -0.955. The van der Waals surface area contributed by atoms with Crippen LogP contribution in [0.2, 0.25) is 0 Å². The number of nitrogens with zero attached hydrogens (tertiary/aromatic N) is 4. The van der Waals surface area contributed by atoms with E-state index in [1.165, 1.54) is 9.96 Å². The topological polar surface area (TPSA) is 50.1 Å². The van der Waals surface area contributed by atoms with Gasteiger partial charge in [-0.15, -0.1) is 0 Å². The molecule has 2 aliphatic rings. The van der Waals surface area contributed by atoms with E-state index in [0.29, 0.717) is 32.0 Å². The Morgan fingerprint density at radius 3 is 2.79 bits per heavy atom. The van der Waals surface area contributed by atoms with E-state index in [1.54, 1.807) is 17.2 Å². The van der Waals surface area contributed by atoms with Crippen LogP contribution in [0.4, 0.5) is 4.39 Å². The van der Waals surface area contributed by atoms with Gasteiger partial charge in [0.2, 0.25) is 5.95 Å². The Balaban J connectivity index is 1.37. The number of fused-ring (bicyclic) bond motifs is 2. The number of carbonyl (C=O) groups is 1. The van der Waals surface area contributed by atoms with Crippen LogP contribution in [-0.4, -0.2) is 64.0 Å². The highest BCUT2D eigenvalue weighted by Crippen LogP contribution is 2.30. The second-order valence-corrected chi connectivity index (χ2v) is 7.79. The molecular weight excluding hydrogens is 371 g/mol. The molecule has 0 saturated carbocycles. The predicted molar refractivity (Wildman–Crippen MR) is 106 cm³/mol. The van der Waals surface area contributed by atoms with Crippen molar-refractivity contribution in [2.75, 3.05) is 32.8 Å². The van der Waals surface area contributed by atoms with Crippen LogP contribution in [0.5, 0.6) is 0 Å². The molecule has 0 unspecified atom stereocenters. The number of pyridine rings is 1. The number of rotatable bonds is 2. The van der Waals surface area contributed by atoms with Crippen molar-refractivity contribution < 1.29 is 13.9 Å². The second-order valence-electron chi connectivity index (χ2n) is 7.79. The summed E-state index contributed by atoms with van der Waals surface area (Å²) in [5, 5.41) is 0. The number of halogens is 1. The fraction of sp³-hybridized carbons (Fsp3) is 0.364. The summed E-state index contributed by atoms with van der Waals surface area (Å²) in [5.41, 5.74) is 2.46. The summed E-state index contributed by atoms with van der Waals surface area (Å²) in [7, 11) is 0. The fourth-order valence-electron chi connectivity index (χ4n) is 4.39. The Morgan fingerprint density at radius 1 is 1.14 bits per heavy atom. The first-order valence-corrected chi connectivity index (χ1v) is 9.94. The van der Waals surface area contributed by atoms with Crippen LogP contribution in [0.3, 0.4) is 0 Å². The largest absolute Gasteiger partial charge is 0.378 e. The van der Waals surface area contributed by atoms with Gasteiger partial charge in [0.25, 0.3) is 5.91 Å². The van der Waals surface area contributed by atoms with Gasteiger partial charge in [0, 0.05) is 25.8 Å². The first-order chi connectivity index (χ1) is 14.1. The minimum absolute atomic E-state index is 0.0917. The van der Waals surface area contributed by atoms with E-state index in [4.69, 9.17) is 4.74 Å². The first-order valence-electron chi connectivity index (χ1n) is 9.94. The maximum atomic E-state index is 14.8. The Morgan fingerprint density at radius 2 is 1.97 bits per heavy atom. The van der Waals surface area contributed by atoms with Crippen molar-refractivity contribution in [2.45, 2.75) is 19.0 Å². The van der Waals surface area contributed by atoms with E-state index in [0.717, 1.165) is 12.1 Å². The van der Waals surface area contributed by atoms with Crippen molar-refractivity contribution in [3.8, 4) is 0 Å². The molecule has 6 nitrogen and oxygen atoms in total. The van der Waals surface area contributed by atoms with Gasteiger partial charge in [0.05, 0.1) is 25.3 Å². The van der Waals surface area contributed by atoms with E-state index >= 15 is 0 Å². The highest BCUT2D eigenvalue weighted by molar-refractivity contribution is 5.93. The first kappa shape index (κ1) is 18.3. The van der Waals surface area contributed by atoms with Crippen molar-refractivity contribution in [3.05, 3.63) is 71.4 Å². The smallest absolute Gasteiger partial charge is 0.277 e. The normalized spacial score (nSPS) is 22.6. The summed E-state index contributed by atoms with van der Waals surface area (Å²) in [6, 6.07) is 14.2. The zero-order valence-electron chi connectivity index (χ0n) is 16.3. The van der Waals surface area contributed by atoms with Gasteiger partial charge in [0.15, 0.2) is 5.69 Å². The molecule has 2 aliphatic heterocycles. The number of aromatic nitrogens is 2. The zero-order chi connectivity index (χ0) is 20.0. The number of piperazine rings is 1.